The topological polar surface area (TPSA) is 32.3 Å². The predicted octanol–water partition coefficient (Wildman–Crippen LogP) is -2.05. The molecule has 0 radical (unpaired) electrons. The fourth-order valence-corrected chi connectivity index (χ4v) is 0.510. The average Bonchev–Trinajstić information content (AvgIpc) is 2.07. The van der Waals surface area contributed by atoms with Crippen LogP contribution in [0.2, 0.25) is 0 Å². The van der Waals surface area contributed by atoms with Crippen LogP contribution >= 0.6 is 0 Å². The third-order valence-corrected chi connectivity index (χ3v) is 0.827. The Morgan fingerprint density at radius 3 is 1.45 bits per heavy atom. The predicted molar refractivity (Wildman–Crippen MR) is 39.8 cm³/mol. The van der Waals surface area contributed by atoms with Gasteiger partial charge in [0.25, 0.3) is 0 Å². The fraction of sp³-hybridized carbons (Fsp3) is 1.00. The van der Waals surface area contributed by atoms with Crippen LogP contribution in [0, 0.1) is 0 Å². The first-order valence-electron chi connectivity index (χ1n) is 3.78. The number of hydrogen-bond donors (Lipinski definition) is 0. The van der Waals surface area contributed by atoms with Gasteiger partial charge < -0.3 is 9.84 Å². The third kappa shape index (κ3) is 24.6. The minimum absolute atomic E-state index is 0. The van der Waals surface area contributed by atoms with E-state index in [0.717, 1.165) is 13.2 Å². The Labute approximate surface area is 112 Å². The van der Waals surface area contributed by atoms with Crippen molar-refractivity contribution < 1.29 is 61.2 Å². The number of hydrogen-bond acceptors (Lipinski definition) is 2. The van der Waals surface area contributed by atoms with Gasteiger partial charge in [0.05, 0.1) is 0 Å². The van der Waals surface area contributed by atoms with Crippen LogP contribution in [0.4, 0.5) is 0 Å². The maximum Gasteiger partial charge on any atom is 1.00 e. The molecule has 11 heavy (non-hydrogen) atoms. The Kier molecular flexibility index (Phi) is 11.2. The second-order valence-corrected chi connectivity index (χ2v) is 3.43. The summed E-state index contributed by atoms with van der Waals surface area (Å²) in [7, 11) is 0. The van der Waals surface area contributed by atoms with Crippen LogP contribution in [0.5, 0.6) is 0 Å². The summed E-state index contributed by atoms with van der Waals surface area (Å²) < 4.78 is 4.94. The van der Waals surface area contributed by atoms with E-state index in [-0.39, 0.29) is 51.4 Å². The van der Waals surface area contributed by atoms with Crippen molar-refractivity contribution in [2.75, 3.05) is 13.2 Å². The van der Waals surface area contributed by atoms with Crippen molar-refractivity contribution in [1.82, 2.24) is 0 Å². The van der Waals surface area contributed by atoms with Crippen LogP contribution in [0.3, 0.4) is 0 Å². The Bertz CT molecular complexity index is 61.0. The Hall–Kier alpha value is 1.56. The molecule has 0 spiro atoms. The van der Waals surface area contributed by atoms with Crippen LogP contribution in [0.25, 0.3) is 0 Å². The standard InChI is InChI=1S/C4H8O.C4H9O.K/c1-2-4-5-3-1;1-4(2,3)5;/h1-4H2;1-3H3;/q;-1;+1. The molecule has 0 amide bonds. The van der Waals surface area contributed by atoms with Crippen LogP contribution in [-0.2, 0) is 4.74 Å². The molecule has 1 rings (SSSR count). The average molecular weight is 184 g/mol. The van der Waals surface area contributed by atoms with Gasteiger partial charge >= 0.3 is 51.4 Å². The quantitative estimate of drug-likeness (QED) is 0.406. The van der Waals surface area contributed by atoms with Crippen molar-refractivity contribution in [3.05, 3.63) is 0 Å². The monoisotopic (exact) mass is 184 g/mol. The van der Waals surface area contributed by atoms with Crippen molar-refractivity contribution in [3.8, 4) is 0 Å². The first-order valence-corrected chi connectivity index (χ1v) is 3.78. The molecule has 0 N–H and O–H groups in total. The van der Waals surface area contributed by atoms with E-state index < -0.39 is 5.60 Å². The number of rotatable bonds is 0. The molecule has 0 atom stereocenters. The van der Waals surface area contributed by atoms with Gasteiger partial charge in [-0.2, -0.15) is 0 Å². The summed E-state index contributed by atoms with van der Waals surface area (Å²) in [4.78, 5) is 0. The summed E-state index contributed by atoms with van der Waals surface area (Å²) in [5.41, 5.74) is -0.750. The molecule has 0 aliphatic carbocycles. The summed E-state index contributed by atoms with van der Waals surface area (Å²) in [6.45, 7) is 6.90. The molecule has 1 saturated heterocycles. The van der Waals surface area contributed by atoms with Crippen molar-refractivity contribution >= 4 is 0 Å². The maximum atomic E-state index is 10.1. The molecule has 1 aliphatic rings. The van der Waals surface area contributed by atoms with Gasteiger partial charge in [-0.05, 0) is 12.8 Å². The van der Waals surface area contributed by atoms with E-state index in [9.17, 15) is 5.11 Å². The van der Waals surface area contributed by atoms with Crippen LogP contribution in [-0.4, -0.2) is 18.8 Å². The summed E-state index contributed by atoms with van der Waals surface area (Å²) in [6, 6.07) is 0. The van der Waals surface area contributed by atoms with E-state index >= 15 is 0 Å². The Morgan fingerprint density at radius 2 is 1.36 bits per heavy atom. The van der Waals surface area contributed by atoms with Crippen LogP contribution in [0.1, 0.15) is 33.6 Å². The molecule has 62 valence electrons. The largest absolute Gasteiger partial charge is 1.00 e. The summed E-state index contributed by atoms with van der Waals surface area (Å²) >= 11 is 0. The van der Waals surface area contributed by atoms with Crippen molar-refractivity contribution in [1.29, 1.82) is 0 Å². The van der Waals surface area contributed by atoms with Crippen LogP contribution in [0.15, 0.2) is 0 Å². The van der Waals surface area contributed by atoms with E-state index in [1.54, 1.807) is 20.8 Å². The fourth-order valence-electron chi connectivity index (χ4n) is 0.510. The summed E-state index contributed by atoms with van der Waals surface area (Å²) in [5.74, 6) is 0. The molecule has 0 unspecified atom stereocenters. The first-order chi connectivity index (χ1) is 4.50. The molecular formula is C8H17KO2. The minimum Gasteiger partial charge on any atom is -0.850 e. The summed E-state index contributed by atoms with van der Waals surface area (Å²) in [5, 5.41) is 10.1. The van der Waals surface area contributed by atoms with Gasteiger partial charge in [0.15, 0.2) is 0 Å². The molecule has 0 bridgehead atoms. The van der Waals surface area contributed by atoms with Crippen molar-refractivity contribution in [2.45, 2.75) is 39.2 Å². The van der Waals surface area contributed by atoms with Gasteiger partial charge in [-0.1, -0.05) is 20.8 Å². The molecule has 3 heteroatoms. The molecule has 1 aliphatic heterocycles. The second-order valence-electron chi connectivity index (χ2n) is 3.43. The van der Waals surface area contributed by atoms with Crippen LogP contribution < -0.4 is 56.5 Å². The van der Waals surface area contributed by atoms with Gasteiger partial charge in [-0.3, -0.25) is 0 Å². The first kappa shape index (κ1) is 15.0. The zero-order chi connectivity index (χ0) is 8.04. The summed E-state index contributed by atoms with van der Waals surface area (Å²) in [6.07, 6.45) is 2.56. The maximum absolute atomic E-state index is 10.1. The molecule has 0 aromatic rings. The van der Waals surface area contributed by atoms with E-state index in [4.69, 9.17) is 4.74 Å². The zero-order valence-electron chi connectivity index (χ0n) is 8.14. The molecular weight excluding hydrogens is 167 g/mol. The van der Waals surface area contributed by atoms with Gasteiger partial charge in [0.1, 0.15) is 0 Å². The van der Waals surface area contributed by atoms with E-state index in [2.05, 4.69) is 0 Å². The zero-order valence-corrected chi connectivity index (χ0v) is 11.3. The molecule has 1 fully saturated rings. The van der Waals surface area contributed by atoms with E-state index in [1.807, 2.05) is 0 Å². The number of ether oxygens (including phenoxy) is 1. The van der Waals surface area contributed by atoms with Crippen molar-refractivity contribution in [3.63, 3.8) is 0 Å². The Balaban J connectivity index is 0. The third-order valence-electron chi connectivity index (χ3n) is 0.827. The van der Waals surface area contributed by atoms with E-state index in [1.165, 1.54) is 12.8 Å². The second kappa shape index (κ2) is 8.17. The molecule has 0 aromatic carbocycles. The SMILES string of the molecule is C1CCOC1.CC(C)(C)[O-].[K+]. The van der Waals surface area contributed by atoms with Gasteiger partial charge in [-0.15, -0.1) is 5.60 Å². The van der Waals surface area contributed by atoms with Crippen molar-refractivity contribution in [2.24, 2.45) is 0 Å². The minimum atomic E-state index is -0.750. The molecule has 0 saturated carbocycles. The van der Waals surface area contributed by atoms with E-state index in [0.29, 0.717) is 0 Å². The smallest absolute Gasteiger partial charge is 0.850 e. The molecule has 2 nitrogen and oxygen atoms in total. The molecule has 1 heterocycles. The van der Waals surface area contributed by atoms with Gasteiger partial charge in [0.2, 0.25) is 0 Å². The molecule has 0 aromatic heterocycles. The van der Waals surface area contributed by atoms with Gasteiger partial charge in [-0.25, -0.2) is 0 Å². The Morgan fingerprint density at radius 1 is 1.09 bits per heavy atom. The normalized spacial score (nSPS) is 16.4. The van der Waals surface area contributed by atoms with Gasteiger partial charge in [0, 0.05) is 13.2 Å².